The minimum Gasteiger partial charge on any atom is -0.492 e. The smallest absolute Gasteiger partial charge is 0.326 e. The summed E-state index contributed by atoms with van der Waals surface area (Å²) < 4.78 is 5.52. The van der Waals surface area contributed by atoms with E-state index in [0.717, 1.165) is 22.0 Å². The van der Waals surface area contributed by atoms with Crippen LogP contribution in [0.15, 0.2) is 54.7 Å². The summed E-state index contributed by atoms with van der Waals surface area (Å²) in [6.45, 7) is 0.227. The third-order valence-corrected chi connectivity index (χ3v) is 4.73. The molecular formula is C20H18N2O4. The molecule has 2 atom stereocenters. The van der Waals surface area contributed by atoms with Gasteiger partial charge in [0.05, 0.1) is 0 Å². The molecule has 2 aromatic carbocycles. The molecule has 3 N–H and O–H groups in total. The number of carboxylic acid groups (broad SMARTS) is 1. The number of carboxylic acids is 1. The number of H-pyrrole nitrogens is 1. The number of aliphatic carboxylic acids is 1. The molecule has 4 rings (SSSR count). The average Bonchev–Trinajstić information content (AvgIpc) is 3.25. The normalized spacial score (nSPS) is 16.7. The van der Waals surface area contributed by atoms with Crippen LogP contribution in [0.2, 0.25) is 0 Å². The predicted octanol–water partition coefficient (Wildman–Crippen LogP) is 2.46. The van der Waals surface area contributed by atoms with Gasteiger partial charge in [-0.05, 0) is 17.7 Å². The highest BCUT2D eigenvalue weighted by Crippen LogP contribution is 2.33. The van der Waals surface area contributed by atoms with E-state index >= 15 is 0 Å². The average molecular weight is 350 g/mol. The number of hydrogen-bond acceptors (Lipinski definition) is 3. The Bertz CT molecular complexity index is 979. The zero-order valence-corrected chi connectivity index (χ0v) is 13.9. The molecule has 0 radical (unpaired) electrons. The molecule has 26 heavy (non-hydrogen) atoms. The maximum Gasteiger partial charge on any atom is 0.326 e. The molecule has 1 aliphatic heterocycles. The summed E-state index contributed by atoms with van der Waals surface area (Å²) in [5.74, 6) is -1.20. The first-order valence-electron chi connectivity index (χ1n) is 8.43. The highest BCUT2D eigenvalue weighted by molar-refractivity contribution is 5.90. The van der Waals surface area contributed by atoms with Gasteiger partial charge in [0.1, 0.15) is 24.3 Å². The first-order chi connectivity index (χ1) is 12.6. The molecule has 6 heteroatoms. The lowest BCUT2D eigenvalue weighted by Crippen LogP contribution is -2.44. The minimum absolute atomic E-state index is 0.209. The summed E-state index contributed by atoms with van der Waals surface area (Å²) in [6, 6.07) is 14.0. The van der Waals surface area contributed by atoms with E-state index in [1.165, 1.54) is 0 Å². The third kappa shape index (κ3) is 2.90. The molecule has 0 saturated carbocycles. The molecular weight excluding hydrogens is 332 g/mol. The van der Waals surface area contributed by atoms with Crippen LogP contribution >= 0.6 is 0 Å². The van der Waals surface area contributed by atoms with E-state index in [4.69, 9.17) is 4.74 Å². The van der Waals surface area contributed by atoms with Gasteiger partial charge in [-0.2, -0.15) is 0 Å². The summed E-state index contributed by atoms with van der Waals surface area (Å²) in [7, 11) is 0. The first-order valence-corrected chi connectivity index (χ1v) is 8.43. The summed E-state index contributed by atoms with van der Waals surface area (Å²) in [5, 5.41) is 13.2. The number of aromatic nitrogens is 1. The maximum atomic E-state index is 12.7. The second-order valence-electron chi connectivity index (χ2n) is 6.36. The summed E-state index contributed by atoms with van der Waals surface area (Å²) in [4.78, 5) is 27.5. The van der Waals surface area contributed by atoms with Gasteiger partial charge < -0.3 is 20.1 Å². The van der Waals surface area contributed by atoms with Gasteiger partial charge in [0.25, 0.3) is 0 Å². The van der Waals surface area contributed by atoms with E-state index in [9.17, 15) is 14.7 Å². The topological polar surface area (TPSA) is 91.4 Å². The molecule has 3 aromatic rings. The lowest BCUT2D eigenvalue weighted by Gasteiger charge is -2.17. The van der Waals surface area contributed by atoms with Gasteiger partial charge in [0, 0.05) is 29.1 Å². The van der Waals surface area contributed by atoms with Crippen molar-refractivity contribution in [3.8, 4) is 5.75 Å². The number of fused-ring (bicyclic) bond motifs is 2. The fourth-order valence-corrected chi connectivity index (χ4v) is 3.37. The van der Waals surface area contributed by atoms with E-state index < -0.39 is 17.9 Å². The Hall–Kier alpha value is -3.28. The van der Waals surface area contributed by atoms with E-state index in [0.29, 0.717) is 5.75 Å². The second kappa shape index (κ2) is 6.55. The zero-order chi connectivity index (χ0) is 18.1. The fraction of sp³-hybridized carbons (Fsp3) is 0.200. The van der Waals surface area contributed by atoms with Crippen LogP contribution in [0.5, 0.6) is 5.75 Å². The van der Waals surface area contributed by atoms with Crippen molar-refractivity contribution in [2.24, 2.45) is 0 Å². The molecule has 0 saturated heterocycles. The zero-order valence-electron chi connectivity index (χ0n) is 13.9. The lowest BCUT2D eigenvalue weighted by molar-refractivity contribution is -0.142. The SMILES string of the molecule is O=C(O)[C@H](Cc1c[nH]c2ccccc12)NC(=O)[C@@H]1COc2ccccc21. The van der Waals surface area contributed by atoms with Crippen molar-refractivity contribution < 1.29 is 19.4 Å². The molecule has 2 heterocycles. The molecule has 1 aromatic heterocycles. The van der Waals surface area contributed by atoms with Gasteiger partial charge in [-0.3, -0.25) is 4.79 Å². The van der Waals surface area contributed by atoms with Crippen LogP contribution in [-0.4, -0.2) is 34.6 Å². The van der Waals surface area contributed by atoms with Gasteiger partial charge in [-0.1, -0.05) is 36.4 Å². The van der Waals surface area contributed by atoms with Gasteiger partial charge in [-0.25, -0.2) is 4.79 Å². The molecule has 0 bridgehead atoms. The van der Waals surface area contributed by atoms with Gasteiger partial charge in [0.15, 0.2) is 0 Å². The number of rotatable bonds is 5. The molecule has 0 aliphatic carbocycles. The number of carbonyl (C=O) groups is 2. The van der Waals surface area contributed by atoms with Crippen LogP contribution in [0, 0.1) is 0 Å². The Labute approximate surface area is 149 Å². The van der Waals surface area contributed by atoms with Gasteiger partial charge in [0.2, 0.25) is 5.91 Å². The maximum absolute atomic E-state index is 12.7. The van der Waals surface area contributed by atoms with E-state index in [2.05, 4.69) is 10.3 Å². The van der Waals surface area contributed by atoms with Gasteiger partial charge >= 0.3 is 5.97 Å². The Morgan fingerprint density at radius 2 is 1.96 bits per heavy atom. The van der Waals surface area contributed by atoms with E-state index in [-0.39, 0.29) is 18.9 Å². The summed E-state index contributed by atoms with van der Waals surface area (Å²) in [5.41, 5.74) is 2.59. The predicted molar refractivity (Wildman–Crippen MR) is 96.2 cm³/mol. The van der Waals surface area contributed by atoms with Crippen LogP contribution in [0.25, 0.3) is 10.9 Å². The summed E-state index contributed by atoms with van der Waals surface area (Å²) >= 11 is 0. The number of ether oxygens (including phenoxy) is 1. The van der Waals surface area contributed by atoms with Crippen molar-refractivity contribution in [2.45, 2.75) is 18.4 Å². The molecule has 1 aliphatic rings. The largest absolute Gasteiger partial charge is 0.492 e. The Morgan fingerprint density at radius 1 is 1.19 bits per heavy atom. The van der Waals surface area contributed by atoms with Crippen molar-refractivity contribution in [2.75, 3.05) is 6.61 Å². The number of benzene rings is 2. The van der Waals surface area contributed by atoms with Crippen molar-refractivity contribution in [3.63, 3.8) is 0 Å². The highest BCUT2D eigenvalue weighted by atomic mass is 16.5. The molecule has 1 amide bonds. The number of hydrogen-bond donors (Lipinski definition) is 3. The van der Waals surface area contributed by atoms with Crippen LogP contribution in [0.3, 0.4) is 0 Å². The molecule has 0 unspecified atom stereocenters. The Kier molecular flexibility index (Phi) is 4.08. The van der Waals surface area contributed by atoms with Crippen molar-refractivity contribution in [3.05, 3.63) is 65.9 Å². The van der Waals surface area contributed by atoms with Crippen molar-refractivity contribution in [1.29, 1.82) is 0 Å². The quantitative estimate of drug-likeness (QED) is 0.659. The summed E-state index contributed by atoms with van der Waals surface area (Å²) in [6.07, 6.45) is 2.00. The lowest BCUT2D eigenvalue weighted by atomic mass is 9.99. The van der Waals surface area contributed by atoms with Crippen LogP contribution in [0.1, 0.15) is 17.0 Å². The Balaban J connectivity index is 1.53. The van der Waals surface area contributed by atoms with Crippen molar-refractivity contribution >= 4 is 22.8 Å². The Morgan fingerprint density at radius 3 is 2.81 bits per heavy atom. The standard InChI is InChI=1S/C20H18N2O4/c23-19(15-11-26-18-8-4-2-6-14(15)18)22-17(20(24)25)9-12-10-21-16-7-3-1-5-13(12)16/h1-8,10,15,17,21H,9,11H2,(H,22,23)(H,24,25)/t15-,17+/m1/s1. The second-order valence-corrected chi connectivity index (χ2v) is 6.36. The van der Waals surface area contributed by atoms with Crippen LogP contribution in [-0.2, 0) is 16.0 Å². The third-order valence-electron chi connectivity index (χ3n) is 4.73. The van der Waals surface area contributed by atoms with Crippen molar-refractivity contribution in [1.82, 2.24) is 10.3 Å². The highest BCUT2D eigenvalue weighted by Gasteiger charge is 2.32. The number of para-hydroxylation sites is 2. The molecule has 6 nitrogen and oxygen atoms in total. The monoisotopic (exact) mass is 350 g/mol. The number of amides is 1. The minimum atomic E-state index is -1.06. The van der Waals surface area contributed by atoms with Crippen LogP contribution < -0.4 is 10.1 Å². The van der Waals surface area contributed by atoms with Crippen LogP contribution in [0.4, 0.5) is 0 Å². The molecule has 0 fully saturated rings. The van der Waals surface area contributed by atoms with Gasteiger partial charge in [-0.15, -0.1) is 0 Å². The first kappa shape index (κ1) is 16.2. The molecule has 0 spiro atoms. The van der Waals surface area contributed by atoms with E-state index in [1.54, 1.807) is 6.20 Å². The number of aromatic amines is 1. The molecule has 132 valence electrons. The number of nitrogens with one attached hydrogen (secondary N) is 2. The fourth-order valence-electron chi connectivity index (χ4n) is 3.37. The number of carbonyl (C=O) groups excluding carboxylic acids is 1. The van der Waals surface area contributed by atoms with E-state index in [1.807, 2.05) is 48.5 Å².